The van der Waals surface area contributed by atoms with Crippen LogP contribution in [0.5, 0.6) is 0 Å². The zero-order chi connectivity index (χ0) is 13.9. The molecule has 114 valence electrons. The van der Waals surface area contributed by atoms with Crippen molar-refractivity contribution < 1.29 is 4.39 Å². The van der Waals surface area contributed by atoms with Crippen molar-refractivity contribution >= 4 is 23.7 Å². The normalized spacial score (nSPS) is 17.2. The molecule has 0 spiro atoms. The largest absolute Gasteiger partial charge is 0.314 e. The SMILES string of the molecule is Cc1ccc([C@H](c2cccs2)N2CCNCC2)c(F)c1.Cl. The van der Waals surface area contributed by atoms with E-state index in [0.29, 0.717) is 0 Å². The Hall–Kier alpha value is -0.940. The molecule has 1 atom stereocenters. The number of hydrogen-bond donors (Lipinski definition) is 1. The predicted octanol–water partition coefficient (Wildman–Crippen LogP) is 3.61. The molecule has 1 fully saturated rings. The predicted molar refractivity (Wildman–Crippen MR) is 89.0 cm³/mol. The fourth-order valence-corrected chi connectivity index (χ4v) is 3.65. The minimum absolute atomic E-state index is 0. The molecule has 1 saturated heterocycles. The molecule has 2 nitrogen and oxygen atoms in total. The number of hydrogen-bond acceptors (Lipinski definition) is 3. The van der Waals surface area contributed by atoms with Crippen molar-refractivity contribution in [1.82, 2.24) is 10.2 Å². The maximum absolute atomic E-state index is 14.4. The molecule has 1 aromatic heterocycles. The van der Waals surface area contributed by atoms with Crippen LogP contribution >= 0.6 is 23.7 Å². The van der Waals surface area contributed by atoms with E-state index in [1.165, 1.54) is 4.88 Å². The molecule has 2 aromatic rings. The third kappa shape index (κ3) is 3.64. The van der Waals surface area contributed by atoms with Crippen molar-refractivity contribution in [3.8, 4) is 0 Å². The van der Waals surface area contributed by atoms with Gasteiger partial charge in [-0.1, -0.05) is 18.2 Å². The third-order valence-electron chi connectivity index (χ3n) is 3.78. The lowest BCUT2D eigenvalue weighted by atomic mass is 10.0. The van der Waals surface area contributed by atoms with Crippen molar-refractivity contribution in [2.45, 2.75) is 13.0 Å². The van der Waals surface area contributed by atoms with Gasteiger partial charge in [-0.3, -0.25) is 4.90 Å². The van der Waals surface area contributed by atoms with Gasteiger partial charge in [0.05, 0.1) is 6.04 Å². The van der Waals surface area contributed by atoms with Crippen LogP contribution in [0.3, 0.4) is 0 Å². The van der Waals surface area contributed by atoms with Crippen LogP contribution in [0.1, 0.15) is 22.0 Å². The highest BCUT2D eigenvalue weighted by Gasteiger charge is 2.26. The zero-order valence-corrected chi connectivity index (χ0v) is 13.6. The van der Waals surface area contributed by atoms with Crippen LogP contribution in [0.15, 0.2) is 35.7 Å². The van der Waals surface area contributed by atoms with Crippen LogP contribution in [0.4, 0.5) is 4.39 Å². The van der Waals surface area contributed by atoms with Crippen LogP contribution in [-0.4, -0.2) is 31.1 Å². The van der Waals surface area contributed by atoms with E-state index >= 15 is 0 Å². The van der Waals surface area contributed by atoms with Crippen LogP contribution in [0.25, 0.3) is 0 Å². The van der Waals surface area contributed by atoms with Gasteiger partial charge in [0.1, 0.15) is 5.82 Å². The maximum atomic E-state index is 14.4. The molecule has 1 N–H and O–H groups in total. The number of piperazine rings is 1. The van der Waals surface area contributed by atoms with Crippen molar-refractivity contribution in [2.75, 3.05) is 26.2 Å². The Balaban J connectivity index is 0.00000161. The van der Waals surface area contributed by atoms with E-state index in [2.05, 4.69) is 21.7 Å². The smallest absolute Gasteiger partial charge is 0.128 e. The molecule has 0 aliphatic carbocycles. The zero-order valence-electron chi connectivity index (χ0n) is 12.0. The quantitative estimate of drug-likeness (QED) is 0.927. The second-order valence-electron chi connectivity index (χ2n) is 5.23. The Morgan fingerprint density at radius 3 is 2.62 bits per heavy atom. The summed E-state index contributed by atoms with van der Waals surface area (Å²) in [5.74, 6) is -0.0954. The highest BCUT2D eigenvalue weighted by atomic mass is 35.5. The molecule has 1 aliphatic rings. The van der Waals surface area contributed by atoms with E-state index in [4.69, 9.17) is 0 Å². The number of benzene rings is 1. The van der Waals surface area contributed by atoms with Gasteiger partial charge in [0.25, 0.3) is 0 Å². The number of nitrogens with one attached hydrogen (secondary N) is 1. The van der Waals surface area contributed by atoms with Crippen molar-refractivity contribution in [1.29, 1.82) is 0 Å². The number of thiophene rings is 1. The third-order valence-corrected chi connectivity index (χ3v) is 4.70. The number of aryl methyl sites for hydroxylation is 1. The monoisotopic (exact) mass is 326 g/mol. The molecular weight excluding hydrogens is 307 g/mol. The van der Waals surface area contributed by atoms with Crippen molar-refractivity contribution in [3.05, 3.63) is 57.5 Å². The van der Waals surface area contributed by atoms with Gasteiger partial charge in [0, 0.05) is 36.6 Å². The fraction of sp³-hybridized carbons (Fsp3) is 0.375. The molecule has 2 heterocycles. The summed E-state index contributed by atoms with van der Waals surface area (Å²) in [5, 5.41) is 5.42. The summed E-state index contributed by atoms with van der Waals surface area (Å²) in [5.41, 5.74) is 1.76. The molecule has 1 aromatic carbocycles. The second-order valence-corrected chi connectivity index (χ2v) is 6.21. The molecule has 0 saturated carbocycles. The van der Waals surface area contributed by atoms with E-state index in [9.17, 15) is 4.39 Å². The topological polar surface area (TPSA) is 15.3 Å². The van der Waals surface area contributed by atoms with Crippen molar-refractivity contribution in [2.24, 2.45) is 0 Å². The maximum Gasteiger partial charge on any atom is 0.128 e. The lowest BCUT2D eigenvalue weighted by Gasteiger charge is -2.35. The van der Waals surface area contributed by atoms with Crippen LogP contribution in [-0.2, 0) is 0 Å². The summed E-state index contributed by atoms with van der Waals surface area (Å²) in [6, 6.07) is 9.77. The summed E-state index contributed by atoms with van der Waals surface area (Å²) in [7, 11) is 0. The molecule has 0 amide bonds. The van der Waals surface area contributed by atoms with E-state index in [0.717, 1.165) is 37.3 Å². The Labute approximate surface area is 135 Å². The molecule has 0 unspecified atom stereocenters. The number of halogens is 2. The minimum Gasteiger partial charge on any atom is -0.314 e. The Bertz CT molecular complexity index is 568. The van der Waals surface area contributed by atoms with Crippen LogP contribution in [0.2, 0.25) is 0 Å². The first-order chi connectivity index (χ1) is 9.75. The first-order valence-corrected chi connectivity index (χ1v) is 7.88. The average Bonchev–Trinajstić information content (AvgIpc) is 2.97. The van der Waals surface area contributed by atoms with Gasteiger partial charge >= 0.3 is 0 Å². The Morgan fingerprint density at radius 2 is 2.00 bits per heavy atom. The van der Waals surface area contributed by atoms with Gasteiger partial charge in [-0.15, -0.1) is 23.7 Å². The van der Waals surface area contributed by atoms with Crippen LogP contribution in [0, 0.1) is 12.7 Å². The van der Waals surface area contributed by atoms with Gasteiger partial charge < -0.3 is 5.32 Å². The lowest BCUT2D eigenvalue weighted by molar-refractivity contribution is 0.197. The van der Waals surface area contributed by atoms with Gasteiger partial charge in [0.15, 0.2) is 0 Å². The van der Waals surface area contributed by atoms with E-state index in [1.54, 1.807) is 17.4 Å². The fourth-order valence-electron chi connectivity index (χ4n) is 2.77. The standard InChI is InChI=1S/C16H19FN2S.ClH/c1-12-4-5-13(14(17)11-12)16(15-3-2-10-20-15)19-8-6-18-7-9-19;/h2-5,10-11,16,18H,6-9H2,1H3;1H/t16-;/m1./s1. The minimum atomic E-state index is -0.0954. The van der Waals surface area contributed by atoms with Gasteiger partial charge in [-0.2, -0.15) is 0 Å². The first kappa shape index (κ1) is 16.4. The highest BCUT2D eigenvalue weighted by Crippen LogP contribution is 2.33. The molecule has 1 aliphatic heterocycles. The molecule has 3 rings (SSSR count). The lowest BCUT2D eigenvalue weighted by Crippen LogP contribution is -2.45. The summed E-state index contributed by atoms with van der Waals surface area (Å²) in [6.07, 6.45) is 0. The van der Waals surface area contributed by atoms with Crippen molar-refractivity contribution in [3.63, 3.8) is 0 Å². The van der Waals surface area contributed by atoms with Crippen LogP contribution < -0.4 is 5.32 Å². The molecular formula is C16H20ClFN2S. The van der Waals surface area contributed by atoms with E-state index in [1.807, 2.05) is 25.1 Å². The van der Waals surface area contributed by atoms with Gasteiger partial charge in [0.2, 0.25) is 0 Å². The molecule has 0 radical (unpaired) electrons. The average molecular weight is 327 g/mol. The highest BCUT2D eigenvalue weighted by molar-refractivity contribution is 7.10. The molecule has 21 heavy (non-hydrogen) atoms. The number of nitrogens with zero attached hydrogens (tertiary/aromatic N) is 1. The Morgan fingerprint density at radius 1 is 1.24 bits per heavy atom. The summed E-state index contributed by atoms with van der Waals surface area (Å²) in [4.78, 5) is 3.59. The summed E-state index contributed by atoms with van der Waals surface area (Å²) >= 11 is 1.70. The summed E-state index contributed by atoms with van der Waals surface area (Å²) < 4.78 is 14.4. The summed E-state index contributed by atoms with van der Waals surface area (Å²) in [6.45, 7) is 5.77. The second kappa shape index (κ2) is 7.36. The molecule has 0 bridgehead atoms. The van der Waals surface area contributed by atoms with E-state index < -0.39 is 0 Å². The van der Waals surface area contributed by atoms with Gasteiger partial charge in [-0.05, 0) is 30.0 Å². The molecule has 5 heteroatoms. The first-order valence-electron chi connectivity index (χ1n) is 7.00. The number of rotatable bonds is 3. The Kier molecular flexibility index (Phi) is 5.76. The van der Waals surface area contributed by atoms with E-state index in [-0.39, 0.29) is 24.3 Å². The van der Waals surface area contributed by atoms with Gasteiger partial charge in [-0.25, -0.2) is 4.39 Å².